The normalized spacial score (nSPS) is 20.4. The van der Waals surface area contributed by atoms with Gasteiger partial charge in [0.1, 0.15) is 0 Å². The third kappa shape index (κ3) is 5.42. The van der Waals surface area contributed by atoms with E-state index in [1.165, 1.54) is 4.31 Å². The third-order valence-corrected chi connectivity index (χ3v) is 8.33. The molecule has 1 unspecified atom stereocenters. The Morgan fingerprint density at radius 1 is 1.11 bits per heavy atom. The smallest absolute Gasteiger partial charge is 0.333 e. The van der Waals surface area contributed by atoms with Crippen molar-refractivity contribution in [2.24, 2.45) is 0 Å². The Morgan fingerprint density at radius 2 is 1.81 bits per heavy atom. The average molecular weight is 525 g/mol. The lowest BCUT2D eigenvalue weighted by molar-refractivity contribution is -0.133. The van der Waals surface area contributed by atoms with Crippen LogP contribution in [-0.2, 0) is 21.2 Å². The van der Waals surface area contributed by atoms with Crippen molar-refractivity contribution in [3.8, 4) is 5.75 Å². The first-order valence-electron chi connectivity index (χ1n) is 11.7. The molecule has 2 bridgehead atoms. The molecule has 194 valence electrons. The maximum atomic E-state index is 13.7. The summed E-state index contributed by atoms with van der Waals surface area (Å²) in [6, 6.07) is 8.04. The van der Waals surface area contributed by atoms with E-state index in [-0.39, 0.29) is 37.1 Å². The molecule has 2 aliphatic rings. The molecule has 11 heteroatoms. The Morgan fingerprint density at radius 3 is 2.47 bits per heavy atom. The highest BCUT2D eigenvalue weighted by molar-refractivity contribution is 7.89. The number of aliphatic carboxylic acids is 1. The fourth-order valence-corrected chi connectivity index (χ4v) is 5.85. The second-order valence-corrected chi connectivity index (χ2v) is 11.1. The highest BCUT2D eigenvalue weighted by Gasteiger charge is 2.41. The van der Waals surface area contributed by atoms with E-state index in [9.17, 15) is 31.5 Å². The lowest BCUT2D eigenvalue weighted by Gasteiger charge is -2.42. The summed E-state index contributed by atoms with van der Waals surface area (Å²) in [6.07, 6.45) is 1.33. The van der Waals surface area contributed by atoms with Crippen molar-refractivity contribution in [3.05, 3.63) is 70.5 Å². The van der Waals surface area contributed by atoms with E-state index in [0.29, 0.717) is 30.9 Å². The van der Waals surface area contributed by atoms with Gasteiger partial charge in [0, 0.05) is 19.1 Å². The summed E-state index contributed by atoms with van der Waals surface area (Å²) in [7, 11) is -3.43. The molecule has 0 amide bonds. The van der Waals surface area contributed by atoms with Crippen LogP contribution < -0.4 is 10.1 Å². The number of piperazine rings is 1. The number of carbonyl (C=O) groups is 1. The zero-order chi connectivity index (χ0) is 26.0. The number of ether oxygens (including phenoxy) is 1. The number of nitrogens with one attached hydrogen (secondary N) is 1. The molecule has 0 saturated carbocycles. The van der Waals surface area contributed by atoms with E-state index >= 15 is 0 Å². The summed E-state index contributed by atoms with van der Waals surface area (Å²) in [5.41, 5.74) is 2.51. The molecule has 2 atom stereocenters. The van der Waals surface area contributed by atoms with Crippen LogP contribution in [0.2, 0.25) is 0 Å². The summed E-state index contributed by atoms with van der Waals surface area (Å²) in [5, 5.41) is 13.2. The number of carboxylic acids is 1. The van der Waals surface area contributed by atoms with Crippen molar-refractivity contribution >= 4 is 21.6 Å². The van der Waals surface area contributed by atoms with Gasteiger partial charge < -0.3 is 15.2 Å². The number of rotatable bonds is 9. The predicted molar refractivity (Wildman–Crippen MR) is 127 cm³/mol. The van der Waals surface area contributed by atoms with E-state index in [4.69, 9.17) is 4.74 Å². The second-order valence-electron chi connectivity index (χ2n) is 8.86. The first-order chi connectivity index (χ1) is 17.1. The van der Waals surface area contributed by atoms with Crippen LogP contribution in [0.25, 0.3) is 5.57 Å². The van der Waals surface area contributed by atoms with Crippen molar-refractivity contribution in [1.29, 1.82) is 0 Å². The number of carboxylic acid groups (broad SMARTS) is 1. The Bertz CT molecular complexity index is 1280. The summed E-state index contributed by atoms with van der Waals surface area (Å²) in [5.74, 6) is -5.37. The molecule has 2 aliphatic heterocycles. The van der Waals surface area contributed by atoms with E-state index in [2.05, 4.69) is 5.32 Å². The minimum atomic E-state index is -3.43. The molecule has 1 saturated heterocycles. The molecule has 0 aliphatic carbocycles. The fourth-order valence-electron chi connectivity index (χ4n) is 4.70. The lowest BCUT2D eigenvalue weighted by atomic mass is 9.84. The van der Waals surface area contributed by atoms with E-state index < -0.39 is 45.2 Å². The molecule has 4 rings (SSSR count). The SMILES string of the molecule is CCS(=O)(=O)N1CC2CC(c3ccc(CCCOc4c(F)ccc(F)c4F)cc3)=C(C(=O)O)[C@@H](C1)N2. The molecule has 7 nitrogen and oxygen atoms in total. The van der Waals surface area contributed by atoms with Crippen molar-refractivity contribution < 1.29 is 36.2 Å². The molecule has 2 N–H and O–H groups in total. The second kappa shape index (κ2) is 10.6. The minimum Gasteiger partial charge on any atom is -0.488 e. The summed E-state index contributed by atoms with van der Waals surface area (Å²) in [6.45, 7) is 1.91. The van der Waals surface area contributed by atoms with Crippen LogP contribution in [0.1, 0.15) is 30.9 Å². The number of benzene rings is 2. The van der Waals surface area contributed by atoms with Gasteiger partial charge in [-0.3, -0.25) is 0 Å². The van der Waals surface area contributed by atoms with Crippen LogP contribution >= 0.6 is 0 Å². The van der Waals surface area contributed by atoms with Gasteiger partial charge in [-0.1, -0.05) is 24.3 Å². The quantitative estimate of drug-likeness (QED) is 0.386. The fraction of sp³-hybridized carbons (Fsp3) is 0.400. The van der Waals surface area contributed by atoms with Gasteiger partial charge in [0.05, 0.1) is 24.0 Å². The summed E-state index contributed by atoms with van der Waals surface area (Å²) in [4.78, 5) is 12.1. The Labute approximate surface area is 207 Å². The van der Waals surface area contributed by atoms with Crippen LogP contribution in [-0.4, -0.2) is 61.3 Å². The Hall–Kier alpha value is -2.89. The van der Waals surface area contributed by atoms with Gasteiger partial charge >= 0.3 is 5.97 Å². The summed E-state index contributed by atoms with van der Waals surface area (Å²) >= 11 is 0. The molecular formula is C25H27F3N2O5S. The number of hydrogen-bond acceptors (Lipinski definition) is 5. The van der Waals surface area contributed by atoms with Gasteiger partial charge in [0.25, 0.3) is 0 Å². The Kier molecular flexibility index (Phi) is 7.72. The van der Waals surface area contributed by atoms with E-state index in [1.807, 2.05) is 24.3 Å². The van der Waals surface area contributed by atoms with Crippen molar-refractivity contribution in [3.63, 3.8) is 0 Å². The predicted octanol–water partition coefficient (Wildman–Crippen LogP) is 3.35. The summed E-state index contributed by atoms with van der Waals surface area (Å²) < 4.78 is 71.8. The number of aryl methyl sites for hydroxylation is 1. The highest BCUT2D eigenvalue weighted by atomic mass is 32.2. The standard InChI is InChI=1S/C25H27F3N2O5S/c1-2-36(33,34)30-13-17-12-18(22(25(31)32)21(14-30)29-17)16-7-5-15(6-8-16)4-3-11-35-24-20(27)10-9-19(26)23(24)28/h5-10,17,21,29H,2-4,11-14H2,1H3,(H,31,32)/t17?,21-/m1/s1. The van der Waals surface area contributed by atoms with Crippen LogP contribution in [0, 0.1) is 17.5 Å². The van der Waals surface area contributed by atoms with Gasteiger partial charge in [-0.15, -0.1) is 0 Å². The minimum absolute atomic E-state index is 0.0143. The molecule has 2 heterocycles. The Balaban J connectivity index is 1.44. The maximum Gasteiger partial charge on any atom is 0.333 e. The highest BCUT2D eigenvalue weighted by Crippen LogP contribution is 2.34. The zero-order valence-electron chi connectivity index (χ0n) is 19.6. The lowest BCUT2D eigenvalue weighted by Crippen LogP contribution is -2.61. The van der Waals surface area contributed by atoms with Crippen LogP contribution in [0.4, 0.5) is 13.2 Å². The third-order valence-electron chi connectivity index (χ3n) is 6.52. The van der Waals surface area contributed by atoms with Crippen LogP contribution in [0.15, 0.2) is 42.0 Å². The molecule has 36 heavy (non-hydrogen) atoms. The maximum absolute atomic E-state index is 13.7. The number of nitrogens with zero attached hydrogens (tertiary/aromatic N) is 1. The number of halogens is 3. The molecule has 0 spiro atoms. The van der Waals surface area contributed by atoms with Crippen LogP contribution in [0.3, 0.4) is 0 Å². The van der Waals surface area contributed by atoms with Gasteiger partial charge in [-0.05, 0) is 55.0 Å². The largest absolute Gasteiger partial charge is 0.488 e. The number of fused-ring (bicyclic) bond motifs is 2. The average Bonchev–Trinajstić information content (AvgIpc) is 2.85. The molecule has 2 aromatic carbocycles. The molecule has 0 aromatic heterocycles. The molecule has 0 radical (unpaired) electrons. The van der Waals surface area contributed by atoms with E-state index in [1.54, 1.807) is 6.92 Å². The number of sulfonamides is 1. The van der Waals surface area contributed by atoms with Gasteiger partial charge in [-0.2, -0.15) is 8.70 Å². The topological polar surface area (TPSA) is 95.9 Å². The van der Waals surface area contributed by atoms with Gasteiger partial charge in [0.2, 0.25) is 15.8 Å². The first-order valence-corrected chi connectivity index (χ1v) is 13.3. The van der Waals surface area contributed by atoms with Gasteiger partial charge in [-0.25, -0.2) is 22.0 Å². The van der Waals surface area contributed by atoms with E-state index in [0.717, 1.165) is 17.2 Å². The van der Waals surface area contributed by atoms with Crippen molar-refractivity contribution in [2.75, 3.05) is 25.4 Å². The number of hydrogen-bond donors (Lipinski definition) is 2. The van der Waals surface area contributed by atoms with Crippen molar-refractivity contribution in [1.82, 2.24) is 9.62 Å². The zero-order valence-corrected chi connectivity index (χ0v) is 20.5. The monoisotopic (exact) mass is 524 g/mol. The molecule has 2 aromatic rings. The van der Waals surface area contributed by atoms with Gasteiger partial charge in [0.15, 0.2) is 17.4 Å². The van der Waals surface area contributed by atoms with Crippen molar-refractivity contribution in [2.45, 2.75) is 38.3 Å². The molecular weight excluding hydrogens is 497 g/mol. The van der Waals surface area contributed by atoms with Crippen LogP contribution in [0.5, 0.6) is 5.75 Å². The molecule has 1 fully saturated rings. The first kappa shape index (κ1) is 26.2.